The van der Waals surface area contributed by atoms with Crippen LogP contribution in [-0.2, 0) is 16.1 Å². The summed E-state index contributed by atoms with van der Waals surface area (Å²) in [5.74, 6) is 0.111. The van der Waals surface area contributed by atoms with Gasteiger partial charge in [0, 0.05) is 18.7 Å². The molecule has 3 aromatic rings. The minimum Gasteiger partial charge on any atom is -0.466 e. The third-order valence-corrected chi connectivity index (χ3v) is 3.60. The van der Waals surface area contributed by atoms with E-state index in [2.05, 4.69) is 20.3 Å². The maximum absolute atomic E-state index is 12.2. The van der Waals surface area contributed by atoms with E-state index in [1.807, 2.05) is 30.3 Å². The summed E-state index contributed by atoms with van der Waals surface area (Å²) in [7, 11) is 0. The second kappa shape index (κ2) is 7.61. The highest BCUT2D eigenvalue weighted by molar-refractivity contribution is 5.72. The maximum atomic E-state index is 12.2. The molecule has 1 aromatic carbocycles. The lowest BCUT2D eigenvalue weighted by atomic mass is 10.3. The first-order valence-corrected chi connectivity index (χ1v) is 8.10. The van der Waals surface area contributed by atoms with Gasteiger partial charge in [-0.1, -0.05) is 18.2 Å². The molecule has 0 bridgehead atoms. The Morgan fingerprint density at radius 2 is 2.12 bits per heavy atom. The largest absolute Gasteiger partial charge is 0.466 e. The number of para-hydroxylation sites is 1. The number of H-pyrrole nitrogens is 1. The SMILES string of the molecule is CCOC(=O)CCCn1cnc2c(=O)[nH]c(Nc3ccccc3)nc21. The highest BCUT2D eigenvalue weighted by Crippen LogP contribution is 2.14. The summed E-state index contributed by atoms with van der Waals surface area (Å²) >= 11 is 0. The van der Waals surface area contributed by atoms with Crippen LogP contribution in [-0.4, -0.2) is 32.1 Å². The summed E-state index contributed by atoms with van der Waals surface area (Å²) in [6.45, 7) is 2.67. The summed E-state index contributed by atoms with van der Waals surface area (Å²) in [5.41, 5.74) is 1.26. The van der Waals surface area contributed by atoms with Crippen LogP contribution >= 0.6 is 0 Å². The van der Waals surface area contributed by atoms with Crippen molar-refractivity contribution in [3.63, 3.8) is 0 Å². The number of esters is 1. The highest BCUT2D eigenvalue weighted by Gasteiger charge is 2.11. The molecule has 0 spiro atoms. The zero-order chi connectivity index (χ0) is 17.6. The van der Waals surface area contributed by atoms with Crippen LogP contribution in [0, 0.1) is 0 Å². The molecule has 0 unspecified atom stereocenters. The van der Waals surface area contributed by atoms with Crippen molar-refractivity contribution in [3.8, 4) is 0 Å². The quantitative estimate of drug-likeness (QED) is 0.639. The molecule has 0 saturated carbocycles. The molecule has 2 heterocycles. The van der Waals surface area contributed by atoms with Gasteiger partial charge in [0.05, 0.1) is 12.9 Å². The number of carbonyl (C=O) groups is 1. The zero-order valence-corrected chi connectivity index (χ0v) is 13.9. The predicted molar refractivity (Wildman–Crippen MR) is 93.7 cm³/mol. The lowest BCUT2D eigenvalue weighted by molar-refractivity contribution is -0.143. The van der Waals surface area contributed by atoms with E-state index in [0.717, 1.165) is 5.69 Å². The normalized spacial score (nSPS) is 10.8. The first-order chi connectivity index (χ1) is 12.2. The summed E-state index contributed by atoms with van der Waals surface area (Å²) in [4.78, 5) is 34.8. The lowest BCUT2D eigenvalue weighted by Gasteiger charge is -2.07. The van der Waals surface area contributed by atoms with Crippen LogP contribution in [0.3, 0.4) is 0 Å². The zero-order valence-electron chi connectivity index (χ0n) is 13.9. The molecule has 0 amide bonds. The van der Waals surface area contributed by atoms with Crippen molar-refractivity contribution in [2.24, 2.45) is 0 Å². The van der Waals surface area contributed by atoms with Gasteiger partial charge in [0.1, 0.15) is 0 Å². The summed E-state index contributed by atoms with van der Waals surface area (Å²) in [6.07, 6.45) is 2.45. The minimum atomic E-state index is -0.312. The number of ether oxygens (including phenoxy) is 1. The lowest BCUT2D eigenvalue weighted by Crippen LogP contribution is -2.12. The fraction of sp³-hybridized carbons (Fsp3) is 0.294. The Kier molecular flexibility index (Phi) is 5.08. The number of imidazole rings is 1. The smallest absolute Gasteiger partial charge is 0.305 e. The minimum absolute atomic E-state index is 0.232. The van der Waals surface area contributed by atoms with Crippen molar-refractivity contribution in [2.75, 3.05) is 11.9 Å². The maximum Gasteiger partial charge on any atom is 0.305 e. The number of benzene rings is 1. The number of aromatic amines is 1. The molecule has 0 fully saturated rings. The van der Waals surface area contributed by atoms with E-state index >= 15 is 0 Å². The molecule has 3 rings (SSSR count). The first kappa shape index (κ1) is 16.7. The molecule has 8 heteroatoms. The molecule has 2 N–H and O–H groups in total. The Balaban J connectivity index is 1.78. The monoisotopic (exact) mass is 341 g/mol. The average Bonchev–Trinajstić information content (AvgIpc) is 3.00. The molecular weight excluding hydrogens is 322 g/mol. The van der Waals surface area contributed by atoms with Crippen molar-refractivity contribution in [1.82, 2.24) is 19.5 Å². The number of aryl methyl sites for hydroxylation is 1. The van der Waals surface area contributed by atoms with Gasteiger partial charge in [-0.2, -0.15) is 4.98 Å². The summed E-state index contributed by atoms with van der Waals surface area (Å²) in [5, 5.41) is 3.06. The molecule has 25 heavy (non-hydrogen) atoms. The van der Waals surface area contributed by atoms with Crippen LogP contribution in [0.4, 0.5) is 11.6 Å². The molecule has 0 aliphatic heterocycles. The molecule has 8 nitrogen and oxygen atoms in total. The second-order valence-corrected chi connectivity index (χ2v) is 5.42. The van der Waals surface area contributed by atoms with Crippen LogP contribution in [0.15, 0.2) is 41.5 Å². The molecular formula is C17H19N5O3. The van der Waals surface area contributed by atoms with Gasteiger partial charge in [-0.3, -0.25) is 14.6 Å². The van der Waals surface area contributed by atoms with Crippen molar-refractivity contribution < 1.29 is 9.53 Å². The van der Waals surface area contributed by atoms with E-state index < -0.39 is 0 Å². The molecule has 0 radical (unpaired) electrons. The van der Waals surface area contributed by atoms with Crippen molar-refractivity contribution in [2.45, 2.75) is 26.3 Å². The number of anilines is 2. The number of hydrogen-bond donors (Lipinski definition) is 2. The number of hydrogen-bond acceptors (Lipinski definition) is 6. The average molecular weight is 341 g/mol. The summed E-state index contributed by atoms with van der Waals surface area (Å²) < 4.78 is 6.67. The van der Waals surface area contributed by atoms with Crippen LogP contribution in [0.1, 0.15) is 19.8 Å². The molecule has 130 valence electrons. The van der Waals surface area contributed by atoms with Crippen molar-refractivity contribution >= 4 is 28.8 Å². The van der Waals surface area contributed by atoms with E-state index in [0.29, 0.717) is 37.6 Å². The number of aromatic nitrogens is 4. The van der Waals surface area contributed by atoms with Gasteiger partial charge in [0.15, 0.2) is 11.2 Å². The van der Waals surface area contributed by atoms with Crippen molar-refractivity contribution in [3.05, 3.63) is 47.0 Å². The van der Waals surface area contributed by atoms with Crippen LogP contribution in [0.2, 0.25) is 0 Å². The Bertz CT molecular complexity index is 917. The number of fused-ring (bicyclic) bond motifs is 1. The van der Waals surface area contributed by atoms with Gasteiger partial charge in [-0.15, -0.1) is 0 Å². The molecule has 0 atom stereocenters. The number of nitrogens with one attached hydrogen (secondary N) is 2. The van der Waals surface area contributed by atoms with Crippen LogP contribution in [0.5, 0.6) is 0 Å². The summed E-state index contributed by atoms with van der Waals surface area (Å²) in [6, 6.07) is 9.43. The Labute approximate surface area is 143 Å². The van der Waals surface area contributed by atoms with Gasteiger partial charge >= 0.3 is 5.97 Å². The predicted octanol–water partition coefficient (Wildman–Crippen LogP) is 2.21. The van der Waals surface area contributed by atoms with Gasteiger partial charge < -0.3 is 14.6 Å². The molecule has 0 aliphatic carbocycles. The van der Waals surface area contributed by atoms with E-state index in [-0.39, 0.29) is 17.0 Å². The van der Waals surface area contributed by atoms with Gasteiger partial charge in [-0.05, 0) is 25.5 Å². The fourth-order valence-electron chi connectivity index (χ4n) is 2.46. The van der Waals surface area contributed by atoms with E-state index in [1.54, 1.807) is 17.8 Å². The Morgan fingerprint density at radius 1 is 1.32 bits per heavy atom. The third-order valence-electron chi connectivity index (χ3n) is 3.60. The fourth-order valence-corrected chi connectivity index (χ4v) is 2.46. The third kappa shape index (κ3) is 4.03. The van der Waals surface area contributed by atoms with Gasteiger partial charge in [0.2, 0.25) is 5.95 Å². The number of nitrogens with zero attached hydrogens (tertiary/aromatic N) is 3. The molecule has 0 aliphatic rings. The standard InChI is InChI=1S/C17H19N5O3/c1-2-25-13(23)9-6-10-22-11-18-14-15(22)20-17(21-16(14)24)19-12-7-4-3-5-8-12/h3-5,7-8,11H,2,6,9-10H2,1H3,(H2,19,20,21,24). The van der Waals surface area contributed by atoms with Crippen LogP contribution < -0.4 is 10.9 Å². The number of carbonyl (C=O) groups excluding carboxylic acids is 1. The van der Waals surface area contributed by atoms with E-state index in [9.17, 15) is 9.59 Å². The first-order valence-electron chi connectivity index (χ1n) is 8.10. The second-order valence-electron chi connectivity index (χ2n) is 5.42. The van der Waals surface area contributed by atoms with Crippen molar-refractivity contribution in [1.29, 1.82) is 0 Å². The topological polar surface area (TPSA) is 102 Å². The Hall–Kier alpha value is -3.16. The van der Waals surface area contributed by atoms with Gasteiger partial charge in [-0.25, -0.2) is 4.98 Å². The number of rotatable bonds is 7. The molecule has 2 aromatic heterocycles. The van der Waals surface area contributed by atoms with E-state index in [1.165, 1.54) is 0 Å². The molecule has 0 saturated heterocycles. The van der Waals surface area contributed by atoms with Gasteiger partial charge in [0.25, 0.3) is 5.56 Å². The van der Waals surface area contributed by atoms with Crippen LogP contribution in [0.25, 0.3) is 11.2 Å². The Morgan fingerprint density at radius 3 is 2.88 bits per heavy atom. The highest BCUT2D eigenvalue weighted by atomic mass is 16.5. The van der Waals surface area contributed by atoms with E-state index in [4.69, 9.17) is 4.74 Å².